The third kappa shape index (κ3) is 7.49. The summed E-state index contributed by atoms with van der Waals surface area (Å²) in [5.74, 6) is -1.41. The van der Waals surface area contributed by atoms with Crippen LogP contribution in [0.15, 0.2) is 30.5 Å². The Morgan fingerprint density at radius 3 is 2.41 bits per heavy atom. The molecule has 1 aliphatic rings. The molecule has 0 spiro atoms. The molecule has 11 heteroatoms. The van der Waals surface area contributed by atoms with Gasteiger partial charge in [0.2, 0.25) is 5.75 Å². The number of pyridine rings is 1. The van der Waals surface area contributed by atoms with E-state index in [1.807, 2.05) is 0 Å². The second-order valence-electron chi connectivity index (χ2n) is 8.82. The van der Waals surface area contributed by atoms with Gasteiger partial charge in [-0.3, -0.25) is 9.59 Å². The van der Waals surface area contributed by atoms with Crippen LogP contribution >= 0.6 is 23.2 Å². The summed E-state index contributed by atoms with van der Waals surface area (Å²) in [6, 6.07) is 5.38. The van der Waals surface area contributed by atoms with Crippen molar-refractivity contribution < 1.29 is 33.3 Å². The van der Waals surface area contributed by atoms with E-state index in [1.54, 1.807) is 25.1 Å². The van der Waals surface area contributed by atoms with E-state index in [1.165, 1.54) is 33.2 Å². The molecule has 1 N–H and O–H groups in total. The van der Waals surface area contributed by atoms with Crippen molar-refractivity contribution in [2.75, 3.05) is 7.11 Å². The van der Waals surface area contributed by atoms with E-state index < -0.39 is 36.1 Å². The molecule has 1 heterocycles. The van der Waals surface area contributed by atoms with E-state index in [0.29, 0.717) is 15.8 Å². The number of carbonyl (C=O) groups is 3. The molecule has 1 amide bonds. The molecule has 9 nitrogen and oxygen atoms in total. The van der Waals surface area contributed by atoms with Crippen LogP contribution in [0.2, 0.25) is 10.0 Å². The zero-order chi connectivity index (χ0) is 27.1. The van der Waals surface area contributed by atoms with E-state index >= 15 is 0 Å². The minimum absolute atomic E-state index is 0.140. The molecule has 0 saturated heterocycles. The predicted octanol–water partition coefficient (Wildman–Crippen LogP) is 5.01. The maximum absolute atomic E-state index is 12.9. The van der Waals surface area contributed by atoms with Gasteiger partial charge in [0.05, 0.1) is 12.1 Å². The number of aromatic nitrogens is 1. The number of esters is 2. The molecular formula is C26H30Cl2N2O7. The van der Waals surface area contributed by atoms with E-state index in [2.05, 4.69) is 10.3 Å². The lowest BCUT2D eigenvalue weighted by atomic mass is 9.96. The highest BCUT2D eigenvalue weighted by atomic mass is 35.5. The zero-order valence-corrected chi connectivity index (χ0v) is 22.6. The number of ether oxygens (including phenoxy) is 4. The van der Waals surface area contributed by atoms with Crippen LogP contribution in [0, 0.1) is 5.92 Å². The number of hydrogen-bond donors (Lipinski definition) is 1. The van der Waals surface area contributed by atoms with Gasteiger partial charge in [0.25, 0.3) is 5.91 Å². The summed E-state index contributed by atoms with van der Waals surface area (Å²) in [6.45, 7) is 4.43. The van der Waals surface area contributed by atoms with Crippen molar-refractivity contribution in [1.29, 1.82) is 0 Å². The fourth-order valence-electron chi connectivity index (χ4n) is 4.25. The summed E-state index contributed by atoms with van der Waals surface area (Å²) in [5, 5.41) is 3.39. The van der Waals surface area contributed by atoms with E-state index in [9.17, 15) is 14.4 Å². The van der Waals surface area contributed by atoms with Gasteiger partial charge in [-0.05, 0) is 50.8 Å². The summed E-state index contributed by atoms with van der Waals surface area (Å²) < 4.78 is 22.2. The van der Waals surface area contributed by atoms with Gasteiger partial charge in [-0.15, -0.1) is 0 Å². The Bertz CT molecular complexity index is 1140. The van der Waals surface area contributed by atoms with E-state index in [-0.39, 0.29) is 23.1 Å². The number of nitrogens with zero attached hydrogens (tertiary/aromatic N) is 1. The van der Waals surface area contributed by atoms with Gasteiger partial charge in [-0.1, -0.05) is 36.0 Å². The third-order valence-electron chi connectivity index (χ3n) is 6.04. The highest BCUT2D eigenvalue weighted by Crippen LogP contribution is 2.36. The first-order chi connectivity index (χ1) is 17.6. The minimum Gasteiger partial charge on any atom is -0.493 e. The number of methoxy groups -OCH3 is 1. The van der Waals surface area contributed by atoms with Crippen molar-refractivity contribution in [2.45, 2.75) is 64.7 Å². The summed E-state index contributed by atoms with van der Waals surface area (Å²) >= 11 is 12.3. The van der Waals surface area contributed by atoms with Crippen LogP contribution in [0.4, 0.5) is 0 Å². The average Bonchev–Trinajstić information content (AvgIpc) is 3.37. The number of benzene rings is 1. The number of amides is 1. The van der Waals surface area contributed by atoms with Crippen molar-refractivity contribution in [1.82, 2.24) is 10.3 Å². The molecule has 1 fully saturated rings. The van der Waals surface area contributed by atoms with Crippen molar-refractivity contribution in [3.05, 3.63) is 46.2 Å². The van der Waals surface area contributed by atoms with Crippen LogP contribution in [-0.4, -0.2) is 48.2 Å². The van der Waals surface area contributed by atoms with E-state index in [0.717, 1.165) is 25.7 Å². The van der Waals surface area contributed by atoms with Crippen LogP contribution in [-0.2, 0) is 14.3 Å². The Balaban J connectivity index is 1.70. The first-order valence-corrected chi connectivity index (χ1v) is 12.7. The third-order valence-corrected chi connectivity index (χ3v) is 6.57. The van der Waals surface area contributed by atoms with Crippen LogP contribution in [0.3, 0.4) is 0 Å². The standard InChI is InChI=1S/C26H30Cl2N2O7/c1-14(30-25(32)22-24(36-16(3)31)21(34-4)11-12-29-22)26(33)35-15(2)23(17-7-5-6-8-17)37-20-10-9-18(27)13-19(20)28/h9-15,17,23H,5-8H2,1-4H3,(H,30,32)/t14-,15-,23-/m0/s1. The van der Waals surface area contributed by atoms with Gasteiger partial charge < -0.3 is 24.3 Å². The largest absolute Gasteiger partial charge is 0.493 e. The van der Waals surface area contributed by atoms with Crippen molar-refractivity contribution in [3.8, 4) is 17.2 Å². The Morgan fingerprint density at radius 2 is 1.78 bits per heavy atom. The Hall–Kier alpha value is -3.04. The topological polar surface area (TPSA) is 113 Å². The fourth-order valence-corrected chi connectivity index (χ4v) is 4.70. The number of halogens is 2. The molecule has 1 aliphatic carbocycles. The highest BCUT2D eigenvalue weighted by Gasteiger charge is 2.35. The smallest absolute Gasteiger partial charge is 0.328 e. The van der Waals surface area contributed by atoms with Crippen molar-refractivity contribution in [2.24, 2.45) is 5.92 Å². The molecule has 2 aromatic rings. The molecule has 1 aromatic carbocycles. The molecule has 3 atom stereocenters. The lowest BCUT2D eigenvalue weighted by Crippen LogP contribution is -2.45. The molecule has 1 saturated carbocycles. The van der Waals surface area contributed by atoms with Crippen LogP contribution in [0.1, 0.15) is 56.9 Å². The van der Waals surface area contributed by atoms with Crippen molar-refractivity contribution >= 4 is 41.0 Å². The van der Waals surface area contributed by atoms with Crippen LogP contribution < -0.4 is 19.5 Å². The highest BCUT2D eigenvalue weighted by molar-refractivity contribution is 6.35. The van der Waals surface area contributed by atoms with Gasteiger partial charge in [0.15, 0.2) is 11.4 Å². The van der Waals surface area contributed by atoms with Gasteiger partial charge in [-0.2, -0.15) is 0 Å². The summed E-state index contributed by atoms with van der Waals surface area (Å²) in [7, 11) is 1.37. The minimum atomic E-state index is -1.03. The molecule has 0 radical (unpaired) electrons. The maximum Gasteiger partial charge on any atom is 0.328 e. The lowest BCUT2D eigenvalue weighted by molar-refractivity contribution is -0.156. The normalized spacial score (nSPS) is 15.8. The zero-order valence-electron chi connectivity index (χ0n) is 21.1. The van der Waals surface area contributed by atoms with E-state index in [4.69, 9.17) is 42.1 Å². The SMILES string of the molecule is COc1ccnc(C(=O)N[C@@H](C)C(=O)O[C@@H](C)[C@H](Oc2ccc(Cl)cc2Cl)C2CCCC2)c1OC(C)=O. The van der Waals surface area contributed by atoms with Gasteiger partial charge >= 0.3 is 11.9 Å². The van der Waals surface area contributed by atoms with Gasteiger partial charge in [0.1, 0.15) is 24.0 Å². The molecule has 37 heavy (non-hydrogen) atoms. The monoisotopic (exact) mass is 552 g/mol. The lowest BCUT2D eigenvalue weighted by Gasteiger charge is -2.31. The Kier molecular flexibility index (Phi) is 10.00. The fraction of sp³-hybridized carbons (Fsp3) is 0.462. The summed E-state index contributed by atoms with van der Waals surface area (Å²) in [4.78, 5) is 41.3. The molecule has 200 valence electrons. The first-order valence-electron chi connectivity index (χ1n) is 11.9. The molecule has 3 rings (SSSR count). The molecule has 1 aromatic heterocycles. The number of hydrogen-bond acceptors (Lipinski definition) is 8. The maximum atomic E-state index is 12.9. The number of nitrogens with one attached hydrogen (secondary N) is 1. The molecule has 0 aliphatic heterocycles. The van der Waals surface area contributed by atoms with Gasteiger partial charge in [-0.25, -0.2) is 9.78 Å². The summed E-state index contributed by atoms with van der Waals surface area (Å²) in [5.41, 5.74) is -0.202. The Morgan fingerprint density at radius 1 is 1.08 bits per heavy atom. The molecule has 0 bridgehead atoms. The second kappa shape index (κ2) is 13.0. The van der Waals surface area contributed by atoms with Crippen molar-refractivity contribution in [3.63, 3.8) is 0 Å². The molecule has 0 unspecified atom stereocenters. The first kappa shape index (κ1) is 28.5. The second-order valence-corrected chi connectivity index (χ2v) is 9.67. The number of carbonyl (C=O) groups excluding carboxylic acids is 3. The van der Waals surface area contributed by atoms with Crippen LogP contribution in [0.5, 0.6) is 17.2 Å². The average molecular weight is 553 g/mol. The quantitative estimate of drug-likeness (QED) is 0.409. The van der Waals surface area contributed by atoms with Gasteiger partial charge in [0, 0.05) is 24.2 Å². The number of rotatable bonds is 10. The predicted molar refractivity (Wildman–Crippen MR) is 137 cm³/mol. The molecular weight excluding hydrogens is 523 g/mol. The summed E-state index contributed by atoms with van der Waals surface area (Å²) in [6.07, 6.45) is 4.25. The Labute approximate surface area is 225 Å². The van der Waals surface area contributed by atoms with Crippen LogP contribution in [0.25, 0.3) is 0 Å².